The van der Waals surface area contributed by atoms with E-state index in [1.807, 2.05) is 13.8 Å². The molecule has 0 aliphatic heterocycles. The Morgan fingerprint density at radius 3 is 2.63 bits per heavy atom. The summed E-state index contributed by atoms with van der Waals surface area (Å²) in [6.45, 7) is 5.37. The van der Waals surface area contributed by atoms with E-state index in [-0.39, 0.29) is 23.4 Å². The summed E-state index contributed by atoms with van der Waals surface area (Å²) in [6, 6.07) is 2.04. The fourth-order valence-electron chi connectivity index (χ4n) is 1.46. The minimum Gasteiger partial charge on any atom is -0.348 e. The molecule has 1 amide bonds. The number of nitrogens with one attached hydrogen (secondary N) is 1. The lowest BCUT2D eigenvalue weighted by Gasteiger charge is -2.06. The van der Waals surface area contributed by atoms with Crippen LogP contribution in [-0.4, -0.2) is 17.4 Å². The average Bonchev–Trinajstić information content (AvgIpc) is 2.31. The van der Waals surface area contributed by atoms with E-state index in [0.717, 1.165) is 17.7 Å². The Morgan fingerprint density at radius 1 is 1.47 bits per heavy atom. The molecule has 6 heteroatoms. The van der Waals surface area contributed by atoms with Gasteiger partial charge >= 0.3 is 0 Å². The van der Waals surface area contributed by atoms with Gasteiger partial charge in [-0.2, -0.15) is 0 Å². The first-order valence-corrected chi connectivity index (χ1v) is 5.69. The van der Waals surface area contributed by atoms with E-state index >= 15 is 0 Å². The molecule has 0 saturated carbocycles. The van der Waals surface area contributed by atoms with Crippen LogP contribution in [0.2, 0.25) is 0 Å². The number of aryl methyl sites for hydroxylation is 1. The van der Waals surface area contributed by atoms with Crippen molar-refractivity contribution >= 4 is 11.6 Å². The van der Waals surface area contributed by atoms with Crippen LogP contribution in [0.25, 0.3) is 0 Å². The third-order valence-electron chi connectivity index (χ3n) is 2.47. The number of hydrogen-bond acceptors (Lipinski definition) is 3. The molecule has 19 heavy (non-hydrogen) atoms. The second kappa shape index (κ2) is 6.08. The number of non-ortho nitro benzene ring substituents is 1. The number of amides is 1. The van der Waals surface area contributed by atoms with Crippen molar-refractivity contribution in [2.75, 3.05) is 6.54 Å². The van der Waals surface area contributed by atoms with Gasteiger partial charge in [-0.05, 0) is 26.3 Å². The van der Waals surface area contributed by atoms with Crippen LogP contribution in [0.5, 0.6) is 0 Å². The van der Waals surface area contributed by atoms with Crippen LogP contribution < -0.4 is 5.32 Å². The normalized spacial score (nSPS) is 9.89. The van der Waals surface area contributed by atoms with Crippen LogP contribution in [0.3, 0.4) is 0 Å². The van der Waals surface area contributed by atoms with Crippen LogP contribution in [-0.2, 0) is 0 Å². The van der Waals surface area contributed by atoms with Gasteiger partial charge in [0.1, 0.15) is 5.82 Å². The van der Waals surface area contributed by atoms with Gasteiger partial charge < -0.3 is 5.32 Å². The number of rotatable bonds is 4. The van der Waals surface area contributed by atoms with Crippen molar-refractivity contribution in [3.63, 3.8) is 0 Å². The van der Waals surface area contributed by atoms with Crippen molar-refractivity contribution in [1.29, 1.82) is 0 Å². The molecule has 0 aliphatic carbocycles. The molecule has 0 atom stereocenters. The molecule has 0 radical (unpaired) electrons. The number of allylic oxidation sites excluding steroid dienone is 1. The van der Waals surface area contributed by atoms with Crippen LogP contribution in [0.15, 0.2) is 23.8 Å². The summed E-state index contributed by atoms with van der Waals surface area (Å²) in [7, 11) is 0. The number of carbonyl (C=O) groups is 1. The Morgan fingerprint density at radius 2 is 2.11 bits per heavy atom. The van der Waals surface area contributed by atoms with E-state index in [1.54, 1.807) is 6.08 Å². The fraction of sp³-hybridized carbons (Fsp3) is 0.308. The lowest BCUT2D eigenvalue weighted by Crippen LogP contribution is -2.25. The zero-order valence-electron chi connectivity index (χ0n) is 11.0. The van der Waals surface area contributed by atoms with Crippen molar-refractivity contribution in [1.82, 2.24) is 5.32 Å². The smallest absolute Gasteiger partial charge is 0.270 e. The topological polar surface area (TPSA) is 72.2 Å². The first-order chi connectivity index (χ1) is 8.82. The number of nitro benzene ring substituents is 1. The van der Waals surface area contributed by atoms with E-state index < -0.39 is 16.6 Å². The van der Waals surface area contributed by atoms with Crippen molar-refractivity contribution in [3.05, 3.63) is 50.8 Å². The average molecular weight is 266 g/mol. The van der Waals surface area contributed by atoms with Crippen molar-refractivity contribution in [2.24, 2.45) is 0 Å². The summed E-state index contributed by atoms with van der Waals surface area (Å²) < 4.78 is 13.8. The third-order valence-corrected chi connectivity index (χ3v) is 2.47. The number of carbonyl (C=O) groups excluding carboxylic acids is 1. The van der Waals surface area contributed by atoms with Crippen molar-refractivity contribution in [2.45, 2.75) is 20.8 Å². The highest BCUT2D eigenvalue weighted by Gasteiger charge is 2.19. The Balaban J connectivity index is 3.02. The Kier molecular flexibility index (Phi) is 4.74. The number of nitro groups is 1. The highest BCUT2D eigenvalue weighted by atomic mass is 19.1. The monoisotopic (exact) mass is 266 g/mol. The Labute approximate surface area is 110 Å². The fourth-order valence-corrected chi connectivity index (χ4v) is 1.46. The molecule has 0 saturated heterocycles. The molecule has 1 aromatic rings. The number of halogens is 1. The quantitative estimate of drug-likeness (QED) is 0.517. The minimum atomic E-state index is -0.736. The molecule has 1 rings (SSSR count). The Bertz CT molecular complexity index is 549. The molecule has 1 N–H and O–H groups in total. The number of nitrogens with zero attached hydrogens (tertiary/aromatic N) is 1. The summed E-state index contributed by atoms with van der Waals surface area (Å²) in [4.78, 5) is 21.8. The van der Waals surface area contributed by atoms with Crippen LogP contribution in [0, 0.1) is 22.9 Å². The molecule has 102 valence electrons. The molecule has 0 aromatic heterocycles. The molecule has 0 spiro atoms. The van der Waals surface area contributed by atoms with E-state index in [0.29, 0.717) is 0 Å². The summed E-state index contributed by atoms with van der Waals surface area (Å²) in [5.74, 6) is -1.40. The van der Waals surface area contributed by atoms with Gasteiger partial charge in [-0.25, -0.2) is 4.39 Å². The SMILES string of the molecule is CC(C)=CCNC(=O)c1cc([N+](=O)[O-])cc(C)c1F. The molecule has 0 heterocycles. The molecular weight excluding hydrogens is 251 g/mol. The van der Waals surface area contributed by atoms with Crippen molar-refractivity contribution in [3.8, 4) is 0 Å². The molecule has 1 aromatic carbocycles. The number of benzene rings is 1. The van der Waals surface area contributed by atoms with Gasteiger partial charge in [0.25, 0.3) is 11.6 Å². The summed E-state index contributed by atoms with van der Waals surface area (Å²) in [5.41, 5.74) is 0.470. The molecule has 0 unspecified atom stereocenters. The minimum absolute atomic E-state index is 0.0709. The van der Waals surface area contributed by atoms with E-state index in [1.165, 1.54) is 6.92 Å². The predicted molar refractivity (Wildman–Crippen MR) is 69.6 cm³/mol. The lowest BCUT2D eigenvalue weighted by molar-refractivity contribution is -0.385. The van der Waals surface area contributed by atoms with Crippen LogP contribution >= 0.6 is 0 Å². The summed E-state index contributed by atoms with van der Waals surface area (Å²) in [6.07, 6.45) is 1.76. The van der Waals surface area contributed by atoms with Crippen LogP contribution in [0.1, 0.15) is 29.8 Å². The van der Waals surface area contributed by atoms with Crippen LogP contribution in [0.4, 0.5) is 10.1 Å². The standard InChI is InChI=1S/C13H15FN2O3/c1-8(2)4-5-15-13(17)11-7-10(16(18)19)6-9(3)12(11)14/h4,6-7H,5H2,1-3H3,(H,15,17). The Hall–Kier alpha value is -2.24. The molecule has 0 fully saturated rings. The van der Waals surface area contributed by atoms with Gasteiger partial charge in [-0.3, -0.25) is 14.9 Å². The number of hydrogen-bond donors (Lipinski definition) is 1. The predicted octanol–water partition coefficient (Wildman–Crippen LogP) is 2.74. The van der Waals surface area contributed by atoms with Gasteiger partial charge in [0.05, 0.1) is 10.5 Å². The van der Waals surface area contributed by atoms with Gasteiger partial charge in [-0.15, -0.1) is 0 Å². The molecular formula is C13H15FN2O3. The van der Waals surface area contributed by atoms with Gasteiger partial charge in [0.15, 0.2) is 0 Å². The lowest BCUT2D eigenvalue weighted by atomic mass is 10.1. The zero-order chi connectivity index (χ0) is 14.6. The first kappa shape index (κ1) is 14.8. The molecule has 0 bridgehead atoms. The zero-order valence-corrected chi connectivity index (χ0v) is 11.0. The highest BCUT2D eigenvalue weighted by molar-refractivity contribution is 5.95. The highest BCUT2D eigenvalue weighted by Crippen LogP contribution is 2.20. The van der Waals surface area contributed by atoms with E-state index in [2.05, 4.69) is 5.32 Å². The molecule has 5 nitrogen and oxygen atoms in total. The third kappa shape index (κ3) is 3.87. The maximum Gasteiger partial charge on any atom is 0.270 e. The second-order valence-electron chi connectivity index (χ2n) is 4.37. The molecule has 0 aliphatic rings. The van der Waals surface area contributed by atoms with Gasteiger partial charge in [0.2, 0.25) is 0 Å². The second-order valence-corrected chi connectivity index (χ2v) is 4.37. The van der Waals surface area contributed by atoms with Gasteiger partial charge in [-0.1, -0.05) is 11.6 Å². The summed E-state index contributed by atoms with van der Waals surface area (Å²) in [5, 5.41) is 13.2. The first-order valence-electron chi connectivity index (χ1n) is 5.69. The van der Waals surface area contributed by atoms with E-state index in [9.17, 15) is 19.3 Å². The maximum atomic E-state index is 13.8. The van der Waals surface area contributed by atoms with Crippen molar-refractivity contribution < 1.29 is 14.1 Å². The maximum absolute atomic E-state index is 13.8. The van der Waals surface area contributed by atoms with E-state index in [4.69, 9.17) is 0 Å². The largest absolute Gasteiger partial charge is 0.348 e. The van der Waals surface area contributed by atoms with Gasteiger partial charge in [0, 0.05) is 18.7 Å². The summed E-state index contributed by atoms with van der Waals surface area (Å²) >= 11 is 0.